The molecule has 1 atom stereocenters. The van der Waals surface area contributed by atoms with Gasteiger partial charge in [0.05, 0.1) is 6.07 Å². The molecule has 2 aliphatic rings. The molecule has 0 radical (unpaired) electrons. The lowest BCUT2D eigenvalue weighted by Crippen LogP contribution is -2.38. The van der Waals surface area contributed by atoms with Crippen molar-refractivity contribution in [1.82, 2.24) is 4.90 Å². The molecular formula is C15H15N3O2. The highest BCUT2D eigenvalue weighted by Crippen LogP contribution is 2.31. The molecule has 1 saturated carbocycles. The summed E-state index contributed by atoms with van der Waals surface area (Å²) >= 11 is 0. The van der Waals surface area contributed by atoms with E-state index in [1.165, 1.54) is 0 Å². The fraction of sp³-hybridized carbons (Fsp3) is 0.400. The highest BCUT2D eigenvalue weighted by molar-refractivity contribution is 6.39. The Morgan fingerprint density at radius 2 is 2.15 bits per heavy atom. The van der Waals surface area contributed by atoms with E-state index in [0.29, 0.717) is 12.1 Å². The van der Waals surface area contributed by atoms with Gasteiger partial charge in [-0.2, -0.15) is 5.26 Å². The largest absolute Gasteiger partial charge is 0.387 e. The fourth-order valence-corrected chi connectivity index (χ4v) is 2.35. The second kappa shape index (κ2) is 5.33. The van der Waals surface area contributed by atoms with Gasteiger partial charge >= 0.3 is 0 Å². The minimum Gasteiger partial charge on any atom is -0.387 e. The SMILES string of the molecule is N#CCN(C(=O)C1=NOC(c2ccccc2)C1)C1CC1. The van der Waals surface area contributed by atoms with Gasteiger partial charge in [0.15, 0.2) is 6.10 Å². The first-order valence-electron chi connectivity index (χ1n) is 6.75. The van der Waals surface area contributed by atoms with Crippen LogP contribution in [0.1, 0.15) is 30.9 Å². The lowest BCUT2D eigenvalue weighted by molar-refractivity contribution is -0.124. The van der Waals surface area contributed by atoms with E-state index in [9.17, 15) is 4.79 Å². The normalized spacial score (nSPS) is 20.8. The van der Waals surface area contributed by atoms with E-state index in [1.807, 2.05) is 36.4 Å². The summed E-state index contributed by atoms with van der Waals surface area (Å²) in [5.74, 6) is -0.160. The Morgan fingerprint density at radius 1 is 1.40 bits per heavy atom. The Bertz CT molecular complexity index is 573. The number of benzene rings is 1. The Hall–Kier alpha value is -2.35. The van der Waals surface area contributed by atoms with Crippen molar-refractivity contribution in [3.05, 3.63) is 35.9 Å². The monoisotopic (exact) mass is 269 g/mol. The summed E-state index contributed by atoms with van der Waals surface area (Å²) in [6.45, 7) is 0.124. The van der Waals surface area contributed by atoms with Crippen LogP contribution in [0, 0.1) is 11.3 Å². The summed E-state index contributed by atoms with van der Waals surface area (Å²) in [7, 11) is 0. The maximum absolute atomic E-state index is 12.4. The maximum Gasteiger partial charge on any atom is 0.272 e. The van der Waals surface area contributed by atoms with Crippen LogP contribution in [-0.4, -0.2) is 29.1 Å². The van der Waals surface area contributed by atoms with Gasteiger partial charge in [0, 0.05) is 12.5 Å². The van der Waals surface area contributed by atoms with Crippen molar-refractivity contribution in [2.45, 2.75) is 31.4 Å². The van der Waals surface area contributed by atoms with Crippen LogP contribution >= 0.6 is 0 Å². The van der Waals surface area contributed by atoms with Gasteiger partial charge in [-0.1, -0.05) is 35.5 Å². The first-order valence-corrected chi connectivity index (χ1v) is 6.75. The Balaban J connectivity index is 1.67. The molecule has 1 aliphatic carbocycles. The van der Waals surface area contributed by atoms with Crippen molar-refractivity contribution in [2.75, 3.05) is 6.54 Å². The number of nitrogens with zero attached hydrogens (tertiary/aromatic N) is 3. The van der Waals surface area contributed by atoms with Gasteiger partial charge < -0.3 is 9.74 Å². The molecule has 5 nitrogen and oxygen atoms in total. The number of carbonyl (C=O) groups is 1. The molecular weight excluding hydrogens is 254 g/mol. The highest BCUT2D eigenvalue weighted by Gasteiger charge is 2.37. The van der Waals surface area contributed by atoms with Crippen LogP contribution in [0.3, 0.4) is 0 Å². The fourth-order valence-electron chi connectivity index (χ4n) is 2.35. The summed E-state index contributed by atoms with van der Waals surface area (Å²) < 4.78 is 0. The smallest absolute Gasteiger partial charge is 0.272 e. The second-order valence-corrected chi connectivity index (χ2v) is 5.07. The summed E-state index contributed by atoms with van der Waals surface area (Å²) in [4.78, 5) is 19.3. The Kier molecular flexibility index (Phi) is 3.38. The zero-order valence-electron chi connectivity index (χ0n) is 11.0. The lowest BCUT2D eigenvalue weighted by Gasteiger charge is -2.18. The molecule has 5 heteroatoms. The first kappa shape index (κ1) is 12.7. The number of hydrogen-bond acceptors (Lipinski definition) is 4. The molecule has 1 aromatic carbocycles. The summed E-state index contributed by atoms with van der Waals surface area (Å²) in [6.07, 6.45) is 2.23. The molecule has 1 heterocycles. The average molecular weight is 269 g/mol. The highest BCUT2D eigenvalue weighted by atomic mass is 16.6. The topological polar surface area (TPSA) is 65.7 Å². The third kappa shape index (κ3) is 2.50. The number of nitriles is 1. The van der Waals surface area contributed by atoms with Gasteiger partial charge in [-0.3, -0.25) is 4.79 Å². The third-order valence-corrected chi connectivity index (χ3v) is 3.58. The molecule has 20 heavy (non-hydrogen) atoms. The van der Waals surface area contributed by atoms with Gasteiger partial charge in [0.25, 0.3) is 5.91 Å². The minimum atomic E-state index is -0.196. The molecule has 0 spiro atoms. The van der Waals surface area contributed by atoms with Crippen molar-refractivity contribution in [3.8, 4) is 6.07 Å². The summed E-state index contributed by atoms with van der Waals surface area (Å²) in [5, 5.41) is 12.7. The first-order chi connectivity index (χ1) is 9.79. The van der Waals surface area contributed by atoms with Crippen LogP contribution in [0.4, 0.5) is 0 Å². The third-order valence-electron chi connectivity index (χ3n) is 3.58. The summed E-state index contributed by atoms with van der Waals surface area (Å²) in [5.41, 5.74) is 1.43. The Labute approximate surface area is 117 Å². The average Bonchev–Trinajstić information content (AvgIpc) is 3.21. The van der Waals surface area contributed by atoms with E-state index >= 15 is 0 Å². The van der Waals surface area contributed by atoms with Crippen molar-refractivity contribution < 1.29 is 9.63 Å². The molecule has 102 valence electrons. The van der Waals surface area contributed by atoms with Crippen LogP contribution in [-0.2, 0) is 9.63 Å². The molecule has 0 saturated heterocycles. The van der Waals surface area contributed by atoms with Crippen LogP contribution in [0.2, 0.25) is 0 Å². The number of hydrogen-bond donors (Lipinski definition) is 0. The van der Waals surface area contributed by atoms with Gasteiger partial charge in [0.2, 0.25) is 0 Å². The van der Waals surface area contributed by atoms with E-state index in [0.717, 1.165) is 18.4 Å². The van der Waals surface area contributed by atoms with Crippen molar-refractivity contribution >= 4 is 11.6 Å². The van der Waals surface area contributed by atoms with Gasteiger partial charge in [-0.05, 0) is 18.4 Å². The standard InChI is InChI=1S/C15H15N3O2/c16-8-9-18(12-6-7-12)15(19)13-10-14(20-17-13)11-4-2-1-3-5-11/h1-5,12,14H,6-7,9-10H2. The van der Waals surface area contributed by atoms with Gasteiger partial charge in [-0.25, -0.2) is 0 Å². The molecule has 0 bridgehead atoms. The number of oxime groups is 1. The van der Waals surface area contributed by atoms with E-state index in [4.69, 9.17) is 10.1 Å². The van der Waals surface area contributed by atoms with Crippen molar-refractivity contribution in [2.24, 2.45) is 5.16 Å². The molecule has 1 aliphatic heterocycles. The minimum absolute atomic E-state index is 0.124. The van der Waals surface area contributed by atoms with E-state index in [2.05, 4.69) is 5.16 Å². The van der Waals surface area contributed by atoms with Crippen LogP contribution in [0.5, 0.6) is 0 Å². The van der Waals surface area contributed by atoms with Crippen molar-refractivity contribution in [3.63, 3.8) is 0 Å². The quantitative estimate of drug-likeness (QED) is 0.785. The maximum atomic E-state index is 12.4. The van der Waals surface area contributed by atoms with Crippen LogP contribution in [0.15, 0.2) is 35.5 Å². The van der Waals surface area contributed by atoms with E-state index < -0.39 is 0 Å². The zero-order chi connectivity index (χ0) is 13.9. The molecule has 0 aromatic heterocycles. The van der Waals surface area contributed by atoms with Crippen LogP contribution in [0.25, 0.3) is 0 Å². The molecule has 3 rings (SSSR count). The Morgan fingerprint density at radius 3 is 2.80 bits per heavy atom. The number of rotatable bonds is 4. The van der Waals surface area contributed by atoms with Crippen molar-refractivity contribution in [1.29, 1.82) is 5.26 Å². The number of carbonyl (C=O) groups excluding carboxylic acids is 1. The van der Waals surface area contributed by atoms with Gasteiger partial charge in [-0.15, -0.1) is 0 Å². The molecule has 1 unspecified atom stereocenters. The summed E-state index contributed by atoms with van der Waals surface area (Å²) in [6, 6.07) is 12.0. The molecule has 0 N–H and O–H groups in total. The van der Waals surface area contributed by atoms with Gasteiger partial charge in [0.1, 0.15) is 12.3 Å². The lowest BCUT2D eigenvalue weighted by atomic mass is 10.0. The molecule has 1 fully saturated rings. The second-order valence-electron chi connectivity index (χ2n) is 5.07. The molecule has 1 amide bonds. The predicted octanol–water partition coefficient (Wildman–Crippen LogP) is 2.02. The molecule has 1 aromatic rings. The van der Waals surface area contributed by atoms with E-state index in [-0.39, 0.29) is 24.6 Å². The zero-order valence-corrected chi connectivity index (χ0v) is 11.0. The van der Waals surface area contributed by atoms with Crippen LogP contribution < -0.4 is 0 Å². The predicted molar refractivity (Wildman–Crippen MR) is 72.7 cm³/mol. The number of amides is 1. The van der Waals surface area contributed by atoms with E-state index in [1.54, 1.807) is 4.90 Å².